The Morgan fingerprint density at radius 3 is 1.90 bits per heavy atom. The summed E-state index contributed by atoms with van der Waals surface area (Å²) in [5, 5.41) is 23.7. The van der Waals surface area contributed by atoms with Crippen LogP contribution >= 0.6 is 0 Å². The van der Waals surface area contributed by atoms with Crippen LogP contribution in [0.2, 0.25) is 0 Å². The molecule has 1 heterocycles. The lowest BCUT2D eigenvalue weighted by molar-refractivity contribution is -0.00860. The van der Waals surface area contributed by atoms with Gasteiger partial charge in [-0.25, -0.2) is 4.79 Å². The number of carbonyl (C=O) groups excluding carboxylic acids is 1. The van der Waals surface area contributed by atoms with Crippen molar-refractivity contribution in [2.24, 2.45) is 5.92 Å². The third-order valence-corrected chi connectivity index (χ3v) is 6.07. The lowest BCUT2D eigenvalue weighted by atomic mass is 9.72. The van der Waals surface area contributed by atoms with Gasteiger partial charge in [-0.1, -0.05) is 60.7 Å². The standard InChI is InChI=1S/C26H25N3O2/c27-19-20-11-13-24(14-12-20)28-25(30)29-17-15-23(16-18-29)26(31,21-7-3-1-4-8-21)22-9-5-2-6-10-22/h1-14,23,31H,15-18H2,(H,28,30). The van der Waals surface area contributed by atoms with Crippen molar-refractivity contribution >= 4 is 11.7 Å². The summed E-state index contributed by atoms with van der Waals surface area (Å²) in [4.78, 5) is 14.5. The molecule has 0 aliphatic carbocycles. The predicted octanol–water partition coefficient (Wildman–Crippen LogP) is 4.74. The van der Waals surface area contributed by atoms with Crippen LogP contribution in [0.25, 0.3) is 0 Å². The minimum absolute atomic E-state index is 0.00346. The fourth-order valence-corrected chi connectivity index (χ4v) is 4.35. The molecule has 0 radical (unpaired) electrons. The van der Waals surface area contributed by atoms with E-state index in [1.165, 1.54) is 0 Å². The highest BCUT2D eigenvalue weighted by atomic mass is 16.3. The van der Waals surface area contributed by atoms with Gasteiger partial charge in [-0.15, -0.1) is 0 Å². The smallest absolute Gasteiger partial charge is 0.321 e. The number of urea groups is 1. The number of rotatable bonds is 4. The van der Waals surface area contributed by atoms with Crippen molar-refractivity contribution in [3.8, 4) is 6.07 Å². The van der Waals surface area contributed by atoms with E-state index in [-0.39, 0.29) is 11.9 Å². The summed E-state index contributed by atoms with van der Waals surface area (Å²) in [6, 6.07) is 28.3. The highest BCUT2D eigenvalue weighted by Gasteiger charge is 2.42. The molecule has 0 atom stereocenters. The molecule has 1 aliphatic heterocycles. The molecule has 4 rings (SSSR count). The van der Waals surface area contributed by atoms with E-state index in [0.29, 0.717) is 37.2 Å². The Labute approximate surface area is 182 Å². The SMILES string of the molecule is N#Cc1ccc(NC(=O)N2CCC(C(O)(c3ccccc3)c3ccccc3)CC2)cc1. The van der Waals surface area contributed by atoms with Crippen LogP contribution in [0.1, 0.15) is 29.5 Å². The highest BCUT2D eigenvalue weighted by Crippen LogP contribution is 2.41. The molecule has 0 bridgehead atoms. The maximum absolute atomic E-state index is 12.7. The van der Waals surface area contributed by atoms with Crippen LogP contribution in [-0.2, 0) is 5.60 Å². The summed E-state index contributed by atoms with van der Waals surface area (Å²) in [7, 11) is 0. The van der Waals surface area contributed by atoms with Gasteiger partial charge in [0.2, 0.25) is 0 Å². The average molecular weight is 412 g/mol. The van der Waals surface area contributed by atoms with E-state index in [9.17, 15) is 9.90 Å². The van der Waals surface area contributed by atoms with Gasteiger partial charge < -0.3 is 15.3 Å². The van der Waals surface area contributed by atoms with E-state index >= 15 is 0 Å². The van der Waals surface area contributed by atoms with Crippen molar-refractivity contribution in [3.05, 3.63) is 102 Å². The van der Waals surface area contributed by atoms with Crippen molar-refractivity contribution in [2.45, 2.75) is 18.4 Å². The van der Waals surface area contributed by atoms with E-state index in [1.54, 1.807) is 29.2 Å². The maximum atomic E-state index is 12.7. The van der Waals surface area contributed by atoms with Gasteiger partial charge >= 0.3 is 6.03 Å². The van der Waals surface area contributed by atoms with Crippen molar-refractivity contribution in [2.75, 3.05) is 18.4 Å². The van der Waals surface area contributed by atoms with Crippen molar-refractivity contribution in [1.82, 2.24) is 4.90 Å². The van der Waals surface area contributed by atoms with Crippen LogP contribution < -0.4 is 5.32 Å². The summed E-state index contributed by atoms with van der Waals surface area (Å²) >= 11 is 0. The fraction of sp³-hybridized carbons (Fsp3) is 0.231. The number of aliphatic hydroxyl groups is 1. The van der Waals surface area contributed by atoms with E-state index < -0.39 is 5.60 Å². The van der Waals surface area contributed by atoms with E-state index in [2.05, 4.69) is 11.4 Å². The van der Waals surface area contributed by atoms with Gasteiger partial charge in [0.25, 0.3) is 0 Å². The van der Waals surface area contributed by atoms with Crippen LogP contribution in [0.3, 0.4) is 0 Å². The number of anilines is 1. The molecule has 2 amide bonds. The Balaban J connectivity index is 1.48. The minimum Gasteiger partial charge on any atom is -0.380 e. The van der Waals surface area contributed by atoms with Crippen LogP contribution in [0.5, 0.6) is 0 Å². The molecule has 3 aromatic carbocycles. The molecule has 1 fully saturated rings. The summed E-state index contributed by atoms with van der Waals surface area (Å²) in [6.45, 7) is 1.13. The zero-order valence-electron chi connectivity index (χ0n) is 17.2. The first-order chi connectivity index (χ1) is 15.1. The lowest BCUT2D eigenvalue weighted by Crippen LogP contribution is -2.47. The van der Waals surface area contributed by atoms with Crippen molar-refractivity contribution in [3.63, 3.8) is 0 Å². The molecule has 5 heteroatoms. The molecule has 156 valence electrons. The maximum Gasteiger partial charge on any atom is 0.321 e. The molecule has 1 aliphatic rings. The quantitative estimate of drug-likeness (QED) is 0.651. The number of hydrogen-bond acceptors (Lipinski definition) is 3. The van der Waals surface area contributed by atoms with Crippen molar-refractivity contribution in [1.29, 1.82) is 5.26 Å². The minimum atomic E-state index is -1.10. The molecular weight excluding hydrogens is 386 g/mol. The van der Waals surface area contributed by atoms with Gasteiger partial charge in [-0.2, -0.15) is 5.26 Å². The number of hydrogen-bond donors (Lipinski definition) is 2. The summed E-state index contributed by atoms with van der Waals surface area (Å²) in [5.74, 6) is -0.00346. The number of piperidine rings is 1. The Bertz CT molecular complexity index is 1010. The third kappa shape index (κ3) is 4.30. The Hall–Kier alpha value is -3.62. The normalized spacial score (nSPS) is 14.6. The van der Waals surface area contributed by atoms with Crippen LogP contribution in [0.15, 0.2) is 84.9 Å². The topological polar surface area (TPSA) is 76.4 Å². The average Bonchev–Trinajstić information content (AvgIpc) is 2.85. The van der Waals surface area contributed by atoms with E-state index in [4.69, 9.17) is 5.26 Å². The summed E-state index contributed by atoms with van der Waals surface area (Å²) in [6.07, 6.45) is 1.39. The van der Waals surface area contributed by atoms with E-state index in [0.717, 1.165) is 11.1 Å². The third-order valence-electron chi connectivity index (χ3n) is 6.07. The first-order valence-corrected chi connectivity index (χ1v) is 10.5. The molecule has 0 saturated carbocycles. The van der Waals surface area contributed by atoms with Gasteiger partial charge in [0.1, 0.15) is 5.60 Å². The molecule has 0 spiro atoms. The molecule has 1 saturated heterocycles. The first kappa shape index (κ1) is 20.6. The first-order valence-electron chi connectivity index (χ1n) is 10.5. The number of carbonyl (C=O) groups is 1. The fourth-order valence-electron chi connectivity index (χ4n) is 4.35. The van der Waals surface area contributed by atoms with Crippen LogP contribution in [-0.4, -0.2) is 29.1 Å². The predicted molar refractivity (Wildman–Crippen MR) is 120 cm³/mol. The molecule has 31 heavy (non-hydrogen) atoms. The number of nitriles is 1. The molecule has 2 N–H and O–H groups in total. The molecule has 0 unspecified atom stereocenters. The Kier molecular flexibility index (Phi) is 6.01. The van der Waals surface area contributed by atoms with Gasteiger partial charge in [0, 0.05) is 18.8 Å². The number of nitrogens with zero attached hydrogens (tertiary/aromatic N) is 2. The zero-order valence-corrected chi connectivity index (χ0v) is 17.2. The second kappa shape index (κ2) is 9.03. The highest BCUT2D eigenvalue weighted by molar-refractivity contribution is 5.89. The monoisotopic (exact) mass is 411 g/mol. The van der Waals surface area contributed by atoms with Gasteiger partial charge in [-0.3, -0.25) is 0 Å². The summed E-state index contributed by atoms with van der Waals surface area (Å²) in [5.41, 5.74) is 1.87. The van der Waals surface area contributed by atoms with Crippen LogP contribution in [0.4, 0.5) is 10.5 Å². The van der Waals surface area contributed by atoms with Crippen molar-refractivity contribution < 1.29 is 9.90 Å². The molecular formula is C26H25N3O2. The van der Waals surface area contributed by atoms with Crippen LogP contribution in [0, 0.1) is 17.2 Å². The zero-order chi connectivity index (χ0) is 21.7. The Morgan fingerprint density at radius 2 is 1.42 bits per heavy atom. The summed E-state index contributed by atoms with van der Waals surface area (Å²) < 4.78 is 0. The second-order valence-electron chi connectivity index (χ2n) is 7.88. The number of likely N-dealkylation sites (tertiary alicyclic amines) is 1. The lowest BCUT2D eigenvalue weighted by Gasteiger charge is -2.42. The molecule has 5 nitrogen and oxygen atoms in total. The van der Waals surface area contributed by atoms with Gasteiger partial charge in [0.05, 0.1) is 11.6 Å². The largest absolute Gasteiger partial charge is 0.380 e. The second-order valence-corrected chi connectivity index (χ2v) is 7.88. The van der Waals surface area contributed by atoms with Gasteiger partial charge in [0.15, 0.2) is 0 Å². The molecule has 0 aromatic heterocycles. The number of benzene rings is 3. The van der Waals surface area contributed by atoms with E-state index in [1.807, 2.05) is 60.7 Å². The molecule has 3 aromatic rings. The number of amides is 2. The van der Waals surface area contributed by atoms with Gasteiger partial charge in [-0.05, 0) is 54.2 Å². The Morgan fingerprint density at radius 1 is 0.903 bits per heavy atom. The number of nitrogens with one attached hydrogen (secondary N) is 1.